The largest absolute Gasteiger partial charge is 0.445 e. The summed E-state index contributed by atoms with van der Waals surface area (Å²) in [6.07, 6.45) is 1.30. The Balaban J connectivity index is 1.65. The zero-order valence-electron chi connectivity index (χ0n) is 11.0. The van der Waals surface area contributed by atoms with Crippen molar-refractivity contribution in [3.05, 3.63) is 47.8 Å². The van der Waals surface area contributed by atoms with Crippen LogP contribution in [0.25, 0.3) is 0 Å². The van der Waals surface area contributed by atoms with E-state index in [1.165, 1.54) is 0 Å². The van der Waals surface area contributed by atoms with Gasteiger partial charge in [0.25, 0.3) is 0 Å². The van der Waals surface area contributed by atoms with E-state index in [1.54, 1.807) is 10.9 Å². The van der Waals surface area contributed by atoms with Crippen molar-refractivity contribution in [3.8, 4) is 0 Å². The molecule has 0 aliphatic carbocycles. The maximum atomic E-state index is 11.5. The number of carbonyl (C=O) groups is 1. The molecule has 106 valence electrons. The molecular formula is C13H17N5O2. The van der Waals surface area contributed by atoms with Gasteiger partial charge in [0.2, 0.25) is 0 Å². The van der Waals surface area contributed by atoms with Crippen LogP contribution in [0.5, 0.6) is 0 Å². The number of alkyl carbamates (subject to hydrolysis) is 1. The number of ether oxygens (including phenoxy) is 1. The topological polar surface area (TPSA) is 95.1 Å². The van der Waals surface area contributed by atoms with E-state index in [4.69, 9.17) is 10.5 Å². The quantitative estimate of drug-likeness (QED) is 0.807. The molecule has 3 N–H and O–H groups in total. The molecule has 20 heavy (non-hydrogen) atoms. The lowest BCUT2D eigenvalue weighted by Crippen LogP contribution is -2.28. The molecule has 0 radical (unpaired) electrons. The van der Waals surface area contributed by atoms with Crippen molar-refractivity contribution in [2.24, 2.45) is 5.73 Å². The van der Waals surface area contributed by atoms with Crippen LogP contribution in [-0.2, 0) is 24.4 Å². The minimum Gasteiger partial charge on any atom is -0.445 e. The summed E-state index contributed by atoms with van der Waals surface area (Å²) in [6, 6.07) is 9.51. The van der Waals surface area contributed by atoms with E-state index in [0.29, 0.717) is 19.6 Å². The summed E-state index contributed by atoms with van der Waals surface area (Å²) in [6.45, 7) is 1.55. The van der Waals surface area contributed by atoms with Gasteiger partial charge in [-0.2, -0.15) is 0 Å². The number of nitrogens with two attached hydrogens (primary N) is 1. The maximum absolute atomic E-state index is 11.5. The summed E-state index contributed by atoms with van der Waals surface area (Å²) in [7, 11) is 0. The summed E-state index contributed by atoms with van der Waals surface area (Å²) in [5.41, 5.74) is 7.10. The van der Waals surface area contributed by atoms with E-state index in [0.717, 1.165) is 11.3 Å². The van der Waals surface area contributed by atoms with Crippen molar-refractivity contribution >= 4 is 6.09 Å². The molecule has 1 amide bonds. The van der Waals surface area contributed by atoms with Gasteiger partial charge >= 0.3 is 6.09 Å². The molecule has 7 nitrogen and oxygen atoms in total. The fraction of sp³-hybridized carbons (Fsp3) is 0.308. The lowest BCUT2D eigenvalue weighted by atomic mass is 10.2. The summed E-state index contributed by atoms with van der Waals surface area (Å²) in [5, 5.41) is 10.4. The average molecular weight is 275 g/mol. The predicted molar refractivity (Wildman–Crippen MR) is 72.5 cm³/mol. The molecule has 0 atom stereocenters. The molecule has 7 heteroatoms. The highest BCUT2D eigenvalue weighted by molar-refractivity contribution is 5.67. The van der Waals surface area contributed by atoms with Crippen molar-refractivity contribution in [1.82, 2.24) is 20.3 Å². The van der Waals surface area contributed by atoms with Crippen LogP contribution in [0, 0.1) is 0 Å². The summed E-state index contributed by atoms with van der Waals surface area (Å²) in [5.74, 6) is 0. The second-order valence-corrected chi connectivity index (χ2v) is 4.17. The van der Waals surface area contributed by atoms with E-state index in [1.807, 2.05) is 30.3 Å². The molecular weight excluding hydrogens is 258 g/mol. The van der Waals surface area contributed by atoms with Gasteiger partial charge in [-0.3, -0.25) is 4.68 Å². The van der Waals surface area contributed by atoms with Crippen LogP contribution >= 0.6 is 0 Å². The van der Waals surface area contributed by atoms with Crippen molar-refractivity contribution in [2.75, 3.05) is 6.54 Å². The van der Waals surface area contributed by atoms with Gasteiger partial charge in [-0.25, -0.2) is 4.79 Å². The first-order valence-electron chi connectivity index (χ1n) is 6.31. The zero-order valence-corrected chi connectivity index (χ0v) is 11.0. The lowest BCUT2D eigenvalue weighted by molar-refractivity contribution is 0.139. The average Bonchev–Trinajstić information content (AvgIpc) is 2.94. The molecule has 0 bridgehead atoms. The highest BCUT2D eigenvalue weighted by Crippen LogP contribution is 2.00. The van der Waals surface area contributed by atoms with Crippen LogP contribution in [0.1, 0.15) is 11.3 Å². The van der Waals surface area contributed by atoms with Gasteiger partial charge < -0.3 is 15.8 Å². The monoisotopic (exact) mass is 275 g/mol. The highest BCUT2D eigenvalue weighted by Gasteiger charge is 2.03. The normalized spacial score (nSPS) is 10.2. The predicted octanol–water partition coefficient (Wildman–Crippen LogP) is 0.663. The minimum atomic E-state index is -0.451. The number of hydrogen-bond donors (Lipinski definition) is 2. The third-order valence-electron chi connectivity index (χ3n) is 2.62. The molecule has 0 saturated heterocycles. The number of rotatable bonds is 6. The first-order valence-corrected chi connectivity index (χ1v) is 6.31. The Labute approximate surface area is 116 Å². The van der Waals surface area contributed by atoms with Gasteiger partial charge in [-0.1, -0.05) is 35.5 Å². The van der Waals surface area contributed by atoms with Gasteiger partial charge in [0, 0.05) is 19.3 Å². The molecule has 1 heterocycles. The number of benzene rings is 1. The van der Waals surface area contributed by atoms with E-state index in [-0.39, 0.29) is 6.61 Å². The van der Waals surface area contributed by atoms with Crippen LogP contribution in [0.4, 0.5) is 4.79 Å². The maximum Gasteiger partial charge on any atom is 0.407 e. The number of amides is 1. The highest BCUT2D eigenvalue weighted by atomic mass is 16.5. The van der Waals surface area contributed by atoms with Crippen LogP contribution in [0.15, 0.2) is 36.5 Å². The van der Waals surface area contributed by atoms with Crippen molar-refractivity contribution in [2.45, 2.75) is 19.7 Å². The third kappa shape index (κ3) is 4.36. The number of carbonyl (C=O) groups excluding carboxylic acids is 1. The number of nitrogens with zero attached hydrogens (tertiary/aromatic N) is 3. The van der Waals surface area contributed by atoms with Gasteiger partial charge in [-0.05, 0) is 5.56 Å². The van der Waals surface area contributed by atoms with Gasteiger partial charge in [0.15, 0.2) is 0 Å². The van der Waals surface area contributed by atoms with Crippen LogP contribution in [-0.4, -0.2) is 27.6 Å². The lowest BCUT2D eigenvalue weighted by Gasteiger charge is -2.06. The molecule has 0 fully saturated rings. The van der Waals surface area contributed by atoms with Gasteiger partial charge in [-0.15, -0.1) is 5.10 Å². The molecule has 2 aromatic rings. The molecule has 0 saturated carbocycles. The van der Waals surface area contributed by atoms with E-state index >= 15 is 0 Å². The zero-order chi connectivity index (χ0) is 14.2. The van der Waals surface area contributed by atoms with Gasteiger partial charge in [0.1, 0.15) is 6.61 Å². The van der Waals surface area contributed by atoms with Crippen LogP contribution < -0.4 is 11.1 Å². The van der Waals surface area contributed by atoms with Crippen LogP contribution in [0.2, 0.25) is 0 Å². The van der Waals surface area contributed by atoms with Crippen molar-refractivity contribution < 1.29 is 9.53 Å². The second-order valence-electron chi connectivity index (χ2n) is 4.17. The number of aromatic nitrogens is 3. The van der Waals surface area contributed by atoms with Gasteiger partial charge in [0.05, 0.1) is 12.2 Å². The minimum absolute atomic E-state index is 0.257. The first-order chi connectivity index (χ1) is 9.78. The van der Waals surface area contributed by atoms with E-state index in [9.17, 15) is 4.79 Å². The molecule has 0 unspecified atom stereocenters. The Kier molecular flexibility index (Phi) is 5.08. The molecule has 0 aliphatic heterocycles. The Morgan fingerprint density at radius 1 is 1.35 bits per heavy atom. The molecule has 1 aromatic carbocycles. The number of hydrogen-bond acceptors (Lipinski definition) is 5. The SMILES string of the molecule is NCc1cn(CCNC(=O)OCc2ccccc2)nn1. The fourth-order valence-electron chi connectivity index (χ4n) is 1.59. The third-order valence-corrected chi connectivity index (χ3v) is 2.62. The molecule has 1 aromatic heterocycles. The molecule has 2 rings (SSSR count). The standard InChI is InChI=1S/C13H17N5O2/c14-8-12-9-18(17-16-12)7-6-15-13(19)20-10-11-4-2-1-3-5-11/h1-5,9H,6-8,10,14H2,(H,15,19). The Morgan fingerprint density at radius 3 is 2.85 bits per heavy atom. The van der Waals surface area contributed by atoms with E-state index in [2.05, 4.69) is 15.6 Å². The summed E-state index contributed by atoms with van der Waals surface area (Å²) >= 11 is 0. The van der Waals surface area contributed by atoms with Crippen molar-refractivity contribution in [1.29, 1.82) is 0 Å². The molecule has 0 spiro atoms. The van der Waals surface area contributed by atoms with Crippen molar-refractivity contribution in [3.63, 3.8) is 0 Å². The second kappa shape index (κ2) is 7.25. The van der Waals surface area contributed by atoms with E-state index < -0.39 is 6.09 Å². The number of nitrogens with one attached hydrogen (secondary N) is 1. The Hall–Kier alpha value is -2.41. The summed E-state index contributed by atoms with van der Waals surface area (Å²) in [4.78, 5) is 11.5. The smallest absolute Gasteiger partial charge is 0.407 e. The Bertz CT molecular complexity index is 541. The van der Waals surface area contributed by atoms with Crippen LogP contribution in [0.3, 0.4) is 0 Å². The first kappa shape index (κ1) is 14.0. The summed E-state index contributed by atoms with van der Waals surface area (Å²) < 4.78 is 6.70. The fourth-order valence-corrected chi connectivity index (χ4v) is 1.59. The molecule has 0 aliphatic rings. The Morgan fingerprint density at radius 2 is 2.15 bits per heavy atom.